The molecule has 0 aliphatic carbocycles. The van der Waals surface area contributed by atoms with E-state index in [1.807, 2.05) is 27.7 Å². The van der Waals surface area contributed by atoms with E-state index in [4.69, 9.17) is 14.4 Å². The minimum Gasteiger partial charge on any atom is -0.399 e. The summed E-state index contributed by atoms with van der Waals surface area (Å²) in [5, 5.41) is 5.49. The lowest BCUT2D eigenvalue weighted by Crippen LogP contribution is -2.41. The summed E-state index contributed by atoms with van der Waals surface area (Å²) < 4.78 is 64.1. The first kappa shape index (κ1) is 23.4. The second-order valence-corrected chi connectivity index (χ2v) is 10.8. The van der Waals surface area contributed by atoms with Gasteiger partial charge in [0.2, 0.25) is 0 Å². The molecule has 28 heavy (non-hydrogen) atoms. The Hall–Kier alpha value is -0.895. The monoisotopic (exact) mass is 419 g/mol. The summed E-state index contributed by atoms with van der Waals surface area (Å²) in [5.74, 6) is -0.480. The van der Waals surface area contributed by atoms with Crippen molar-refractivity contribution >= 4 is 23.6 Å². The van der Waals surface area contributed by atoms with Crippen LogP contribution in [0.5, 0.6) is 0 Å². The van der Waals surface area contributed by atoms with Crippen LogP contribution in [0.3, 0.4) is 0 Å². The number of alkyl halides is 3. The molecule has 0 bridgehead atoms. The van der Waals surface area contributed by atoms with Crippen molar-refractivity contribution in [3.8, 4) is 0 Å². The van der Waals surface area contributed by atoms with E-state index in [1.54, 1.807) is 26.8 Å². The Balaban J connectivity index is 2.42. The summed E-state index contributed by atoms with van der Waals surface area (Å²) in [6, 6.07) is 4.17. The fourth-order valence-electron chi connectivity index (χ4n) is 3.30. The highest BCUT2D eigenvalue weighted by Crippen LogP contribution is 2.40. The Morgan fingerprint density at radius 3 is 2.07 bits per heavy atom. The van der Waals surface area contributed by atoms with Crippen molar-refractivity contribution in [3.05, 3.63) is 29.3 Å². The van der Waals surface area contributed by atoms with Gasteiger partial charge in [-0.1, -0.05) is 19.1 Å². The summed E-state index contributed by atoms with van der Waals surface area (Å²) in [4.78, 5) is 0. The first-order chi connectivity index (χ1) is 12.5. The molecule has 0 spiro atoms. The van der Waals surface area contributed by atoms with Crippen LogP contribution < -0.4 is 10.6 Å². The highest BCUT2D eigenvalue weighted by atomic mass is 32.2. The maximum Gasteiger partial charge on any atom is 0.494 e. The molecule has 1 unspecified atom stereocenters. The van der Waals surface area contributed by atoms with Crippen molar-refractivity contribution < 1.29 is 26.7 Å². The van der Waals surface area contributed by atoms with Crippen LogP contribution in [0.4, 0.5) is 13.2 Å². The molecule has 0 amide bonds. The van der Waals surface area contributed by atoms with Gasteiger partial charge in [-0.05, 0) is 71.0 Å². The van der Waals surface area contributed by atoms with Gasteiger partial charge in [-0.25, -0.2) is 4.21 Å². The van der Waals surface area contributed by atoms with Gasteiger partial charge in [-0.3, -0.25) is 5.14 Å². The molecule has 0 aromatic heterocycles. The molecule has 1 saturated heterocycles. The normalized spacial score (nSPS) is 21.6. The summed E-state index contributed by atoms with van der Waals surface area (Å²) in [5.41, 5.74) is -1.55. The number of hydrogen-bond acceptors (Lipinski definition) is 3. The van der Waals surface area contributed by atoms with E-state index in [0.29, 0.717) is 5.46 Å². The Labute approximate surface area is 168 Å². The SMILES string of the molecule is C[C@H](CC(C)(C)S(N)=O)c1ccc(B2OC(C)(C)C(C)(C)O2)cc1C(F)(F)F. The van der Waals surface area contributed by atoms with Crippen LogP contribution in [0, 0.1) is 0 Å². The quantitative estimate of drug-likeness (QED) is 0.737. The van der Waals surface area contributed by atoms with E-state index in [-0.39, 0.29) is 12.0 Å². The van der Waals surface area contributed by atoms with Crippen molar-refractivity contribution in [2.75, 3.05) is 0 Å². The molecule has 1 aromatic rings. The number of rotatable bonds is 5. The lowest BCUT2D eigenvalue weighted by molar-refractivity contribution is -0.138. The number of hydrogen-bond donors (Lipinski definition) is 1. The molecule has 2 N–H and O–H groups in total. The van der Waals surface area contributed by atoms with Crippen LogP contribution in [0.1, 0.15) is 71.9 Å². The third kappa shape index (κ3) is 4.63. The van der Waals surface area contributed by atoms with Gasteiger partial charge >= 0.3 is 13.3 Å². The zero-order valence-corrected chi connectivity index (χ0v) is 18.3. The van der Waals surface area contributed by atoms with Gasteiger partial charge in [0.1, 0.15) is 0 Å². The molecule has 4 nitrogen and oxygen atoms in total. The van der Waals surface area contributed by atoms with E-state index in [9.17, 15) is 17.4 Å². The fraction of sp³-hybridized carbons (Fsp3) is 0.684. The third-order valence-corrected chi connectivity index (χ3v) is 7.04. The van der Waals surface area contributed by atoms with Crippen LogP contribution in [0.15, 0.2) is 18.2 Å². The summed E-state index contributed by atoms with van der Waals surface area (Å²) in [6.45, 7) is 12.5. The highest BCUT2D eigenvalue weighted by Gasteiger charge is 2.52. The van der Waals surface area contributed by atoms with Gasteiger partial charge in [-0.15, -0.1) is 0 Å². The Morgan fingerprint density at radius 1 is 1.14 bits per heavy atom. The van der Waals surface area contributed by atoms with Gasteiger partial charge < -0.3 is 9.31 Å². The molecule has 1 aromatic carbocycles. The van der Waals surface area contributed by atoms with E-state index in [1.165, 1.54) is 6.07 Å². The average Bonchev–Trinajstić information content (AvgIpc) is 2.73. The average molecular weight is 419 g/mol. The number of halogens is 3. The second-order valence-electron chi connectivity index (χ2n) is 9.09. The molecule has 158 valence electrons. The standard InChI is InChI=1S/C19H29BF3NO3S/c1-12(11-16(2,3)28(24)25)14-9-8-13(10-15(14)19(21,22)23)20-26-17(4,5)18(6,7)27-20/h8-10,12H,11,24H2,1-7H3/t12-,28?/m1/s1. The molecule has 9 heteroatoms. The predicted octanol–water partition coefficient (Wildman–Crippen LogP) is 3.90. The van der Waals surface area contributed by atoms with Gasteiger partial charge in [0.05, 0.1) is 32.5 Å². The molecular weight excluding hydrogens is 390 g/mol. The highest BCUT2D eigenvalue weighted by molar-refractivity contribution is 7.84. The Morgan fingerprint density at radius 2 is 1.64 bits per heavy atom. The van der Waals surface area contributed by atoms with Crippen molar-refractivity contribution in [2.45, 2.75) is 82.9 Å². The van der Waals surface area contributed by atoms with E-state index in [0.717, 1.165) is 6.07 Å². The van der Waals surface area contributed by atoms with Crippen LogP contribution in [0.25, 0.3) is 0 Å². The molecule has 0 saturated carbocycles. The Kier molecular flexibility index (Phi) is 6.19. The zero-order chi connectivity index (χ0) is 21.7. The summed E-state index contributed by atoms with van der Waals surface area (Å²) >= 11 is 0. The first-order valence-electron chi connectivity index (χ1n) is 9.21. The minimum absolute atomic E-state index is 0.145. The zero-order valence-electron chi connectivity index (χ0n) is 17.4. The van der Waals surface area contributed by atoms with Crippen LogP contribution >= 0.6 is 0 Å². The van der Waals surface area contributed by atoms with Crippen LogP contribution in [0.2, 0.25) is 0 Å². The van der Waals surface area contributed by atoms with E-state index in [2.05, 4.69) is 0 Å². The number of nitrogens with two attached hydrogens (primary N) is 1. The molecule has 0 radical (unpaired) electrons. The molecule has 2 atom stereocenters. The van der Waals surface area contributed by atoms with Crippen molar-refractivity contribution in [3.63, 3.8) is 0 Å². The Bertz CT molecular complexity index is 749. The molecule has 2 rings (SSSR count). The maximum atomic E-state index is 13.8. The van der Waals surface area contributed by atoms with E-state index < -0.39 is 51.7 Å². The minimum atomic E-state index is -4.53. The van der Waals surface area contributed by atoms with E-state index >= 15 is 0 Å². The molecule has 1 heterocycles. The van der Waals surface area contributed by atoms with Gasteiger partial charge in [0.25, 0.3) is 0 Å². The smallest absolute Gasteiger partial charge is 0.399 e. The first-order valence-corrected chi connectivity index (χ1v) is 10.4. The van der Waals surface area contributed by atoms with Crippen LogP contribution in [-0.4, -0.2) is 27.3 Å². The largest absolute Gasteiger partial charge is 0.494 e. The van der Waals surface area contributed by atoms with Crippen molar-refractivity contribution in [2.24, 2.45) is 5.14 Å². The van der Waals surface area contributed by atoms with Gasteiger partial charge in [0.15, 0.2) is 0 Å². The second kappa shape index (κ2) is 7.41. The molecule has 1 fully saturated rings. The van der Waals surface area contributed by atoms with Crippen molar-refractivity contribution in [1.29, 1.82) is 0 Å². The molecule has 1 aliphatic rings. The van der Waals surface area contributed by atoms with Crippen LogP contribution in [-0.2, 0) is 26.5 Å². The maximum absolute atomic E-state index is 13.8. The molecular formula is C19H29BF3NO3S. The van der Waals surface area contributed by atoms with Crippen molar-refractivity contribution in [1.82, 2.24) is 0 Å². The summed E-state index contributed by atoms with van der Waals surface area (Å²) in [7, 11) is -2.51. The number of benzene rings is 1. The lowest BCUT2D eigenvalue weighted by Gasteiger charge is -2.32. The van der Waals surface area contributed by atoms with Gasteiger partial charge in [0, 0.05) is 0 Å². The fourth-order valence-corrected chi connectivity index (χ4v) is 3.72. The predicted molar refractivity (Wildman–Crippen MR) is 107 cm³/mol. The summed E-state index contributed by atoms with van der Waals surface area (Å²) in [6.07, 6.45) is -4.27. The van der Waals surface area contributed by atoms with Gasteiger partial charge in [-0.2, -0.15) is 13.2 Å². The topological polar surface area (TPSA) is 61.6 Å². The molecule has 1 aliphatic heterocycles. The third-order valence-electron chi connectivity index (χ3n) is 5.78. The lowest BCUT2D eigenvalue weighted by atomic mass is 9.76.